The van der Waals surface area contributed by atoms with Crippen LogP contribution in [0.4, 0.5) is 10.8 Å². The molecule has 2 N–H and O–H groups in total. The second-order valence-electron chi connectivity index (χ2n) is 7.83. The molecule has 166 valence electrons. The normalized spacial score (nSPS) is 21.0. The number of methoxy groups -OCH3 is 1. The maximum atomic E-state index is 13.0. The van der Waals surface area contributed by atoms with Crippen molar-refractivity contribution in [3.63, 3.8) is 0 Å². The van der Waals surface area contributed by atoms with Gasteiger partial charge in [-0.2, -0.15) is 0 Å². The van der Waals surface area contributed by atoms with E-state index in [4.69, 9.17) is 9.47 Å². The summed E-state index contributed by atoms with van der Waals surface area (Å²) >= 11 is 1.37. The Balaban J connectivity index is 1.34. The average molecular weight is 445 g/mol. The first-order valence-electron chi connectivity index (χ1n) is 10.7. The second-order valence-corrected chi connectivity index (χ2v) is 8.69. The number of ether oxygens (including phenoxy) is 2. The first-order chi connectivity index (χ1) is 15.1. The monoisotopic (exact) mass is 444 g/mol. The lowest BCUT2D eigenvalue weighted by molar-refractivity contribution is -0.126. The molecule has 0 unspecified atom stereocenters. The first-order valence-corrected chi connectivity index (χ1v) is 11.6. The average Bonchev–Trinajstić information content (AvgIpc) is 3.50. The van der Waals surface area contributed by atoms with Gasteiger partial charge in [-0.15, -0.1) is 11.3 Å². The van der Waals surface area contributed by atoms with E-state index in [0.29, 0.717) is 36.2 Å². The zero-order chi connectivity index (χ0) is 21.6. The highest BCUT2D eigenvalue weighted by atomic mass is 32.1. The molecule has 0 bridgehead atoms. The largest absolute Gasteiger partial charge is 0.495 e. The number of anilines is 2. The number of amides is 2. The topological polar surface area (TPSA) is 92.8 Å². The predicted octanol–water partition coefficient (Wildman–Crippen LogP) is 3.04. The summed E-state index contributed by atoms with van der Waals surface area (Å²) in [4.78, 5) is 31.8. The van der Waals surface area contributed by atoms with Crippen LogP contribution in [0.2, 0.25) is 0 Å². The number of carbonyl (C=O) groups excluding carboxylic acids is 2. The van der Waals surface area contributed by atoms with E-state index < -0.39 is 0 Å². The van der Waals surface area contributed by atoms with Crippen molar-refractivity contribution in [2.75, 3.05) is 38.7 Å². The van der Waals surface area contributed by atoms with E-state index in [2.05, 4.69) is 15.6 Å². The molecule has 3 heterocycles. The summed E-state index contributed by atoms with van der Waals surface area (Å²) in [6, 6.07) is 7.55. The number of nitrogens with zero attached hydrogens (tertiary/aromatic N) is 2. The molecule has 0 radical (unpaired) electrons. The highest BCUT2D eigenvalue weighted by molar-refractivity contribution is 7.14. The van der Waals surface area contributed by atoms with Crippen molar-refractivity contribution in [2.45, 2.75) is 31.8 Å². The van der Waals surface area contributed by atoms with E-state index in [1.165, 1.54) is 11.3 Å². The van der Waals surface area contributed by atoms with Gasteiger partial charge in [-0.3, -0.25) is 9.59 Å². The van der Waals surface area contributed by atoms with E-state index in [0.717, 1.165) is 38.0 Å². The molecule has 9 heteroatoms. The van der Waals surface area contributed by atoms with E-state index in [1.54, 1.807) is 17.4 Å². The van der Waals surface area contributed by atoms with Gasteiger partial charge < -0.3 is 25.0 Å². The van der Waals surface area contributed by atoms with Gasteiger partial charge in [-0.25, -0.2) is 4.98 Å². The van der Waals surface area contributed by atoms with Gasteiger partial charge in [0.25, 0.3) is 5.91 Å². The Labute approximate surface area is 185 Å². The summed E-state index contributed by atoms with van der Waals surface area (Å²) in [7, 11) is 1.61. The molecule has 0 aliphatic carbocycles. The number of likely N-dealkylation sites (tertiary alicyclic amines) is 1. The Morgan fingerprint density at radius 2 is 2.16 bits per heavy atom. The number of hydrogen-bond acceptors (Lipinski definition) is 7. The highest BCUT2D eigenvalue weighted by Gasteiger charge is 2.30. The lowest BCUT2D eigenvalue weighted by Crippen LogP contribution is -2.46. The van der Waals surface area contributed by atoms with Crippen LogP contribution in [-0.4, -0.2) is 61.2 Å². The van der Waals surface area contributed by atoms with Gasteiger partial charge in [0, 0.05) is 31.6 Å². The van der Waals surface area contributed by atoms with Crippen molar-refractivity contribution in [2.24, 2.45) is 5.92 Å². The molecule has 1 aromatic heterocycles. The number of hydrogen-bond donors (Lipinski definition) is 2. The molecule has 2 aliphatic heterocycles. The number of benzene rings is 1. The third kappa shape index (κ3) is 5.34. The van der Waals surface area contributed by atoms with Crippen molar-refractivity contribution < 1.29 is 19.1 Å². The molecule has 1 aromatic carbocycles. The van der Waals surface area contributed by atoms with Crippen molar-refractivity contribution in [3.05, 3.63) is 35.3 Å². The Morgan fingerprint density at radius 3 is 2.97 bits per heavy atom. The van der Waals surface area contributed by atoms with Crippen LogP contribution in [0.15, 0.2) is 29.6 Å². The quantitative estimate of drug-likeness (QED) is 0.682. The molecule has 2 fully saturated rings. The number of carbonyl (C=O) groups is 2. The lowest BCUT2D eigenvalue weighted by atomic mass is 9.97. The fourth-order valence-electron chi connectivity index (χ4n) is 3.99. The zero-order valence-corrected chi connectivity index (χ0v) is 18.5. The predicted molar refractivity (Wildman–Crippen MR) is 119 cm³/mol. The van der Waals surface area contributed by atoms with Crippen molar-refractivity contribution in [1.29, 1.82) is 0 Å². The summed E-state index contributed by atoms with van der Waals surface area (Å²) in [5.74, 6) is 0.383. The van der Waals surface area contributed by atoms with E-state index in [9.17, 15) is 9.59 Å². The number of thiazole rings is 1. The molecule has 2 aliphatic rings. The third-order valence-corrected chi connectivity index (χ3v) is 6.44. The Morgan fingerprint density at radius 1 is 1.29 bits per heavy atom. The number of aromatic nitrogens is 1. The fourth-order valence-corrected chi connectivity index (χ4v) is 4.69. The van der Waals surface area contributed by atoms with Gasteiger partial charge in [0.1, 0.15) is 11.4 Å². The number of nitrogens with one attached hydrogen (secondary N) is 2. The molecule has 2 amide bonds. The molecule has 31 heavy (non-hydrogen) atoms. The van der Waals surface area contributed by atoms with Gasteiger partial charge in [0.15, 0.2) is 5.13 Å². The molecule has 2 aromatic rings. The van der Waals surface area contributed by atoms with E-state index in [1.807, 2.05) is 24.3 Å². The van der Waals surface area contributed by atoms with Crippen LogP contribution in [0.25, 0.3) is 0 Å². The highest BCUT2D eigenvalue weighted by Crippen LogP contribution is 2.29. The second kappa shape index (κ2) is 10.1. The minimum Gasteiger partial charge on any atom is -0.495 e. The molecular weight excluding hydrogens is 416 g/mol. The molecular formula is C22H28N4O4S. The van der Waals surface area contributed by atoms with Crippen LogP contribution in [-0.2, 0) is 9.53 Å². The molecule has 0 spiro atoms. The van der Waals surface area contributed by atoms with Crippen LogP contribution in [0.1, 0.15) is 36.2 Å². The van der Waals surface area contributed by atoms with Gasteiger partial charge in [0.05, 0.1) is 24.8 Å². The summed E-state index contributed by atoms with van der Waals surface area (Å²) in [6.45, 7) is 2.38. The smallest absolute Gasteiger partial charge is 0.273 e. The Kier molecular flexibility index (Phi) is 7.03. The summed E-state index contributed by atoms with van der Waals surface area (Å²) < 4.78 is 10.9. The van der Waals surface area contributed by atoms with E-state index in [-0.39, 0.29) is 23.8 Å². The van der Waals surface area contributed by atoms with E-state index >= 15 is 0 Å². The van der Waals surface area contributed by atoms with Crippen LogP contribution in [0, 0.1) is 5.92 Å². The van der Waals surface area contributed by atoms with Gasteiger partial charge in [-0.1, -0.05) is 12.1 Å². The van der Waals surface area contributed by atoms with Crippen LogP contribution < -0.4 is 15.4 Å². The minimum absolute atomic E-state index is 0.00445. The third-order valence-electron chi connectivity index (χ3n) is 5.68. The number of rotatable bonds is 7. The Bertz CT molecular complexity index is 912. The molecule has 4 rings (SSSR count). The van der Waals surface area contributed by atoms with Crippen molar-refractivity contribution in [1.82, 2.24) is 15.2 Å². The standard InChI is InChI=1S/C22H28N4O4S/c1-29-19-9-3-2-8-17(19)24-22-25-18(14-31-22)21(28)26-10-4-6-15(13-26)20(27)23-12-16-7-5-11-30-16/h2-3,8-9,14-16H,4-7,10-13H2,1H3,(H,23,27)(H,24,25)/t15-,16+/m0/s1. The molecule has 2 saturated heterocycles. The van der Waals surface area contributed by atoms with Crippen molar-refractivity contribution >= 4 is 34.0 Å². The summed E-state index contributed by atoms with van der Waals surface area (Å²) in [6.07, 6.45) is 3.76. The Hall–Kier alpha value is -2.65. The van der Waals surface area contributed by atoms with Crippen molar-refractivity contribution in [3.8, 4) is 5.75 Å². The zero-order valence-electron chi connectivity index (χ0n) is 17.6. The summed E-state index contributed by atoms with van der Waals surface area (Å²) in [5, 5.41) is 8.58. The fraction of sp³-hybridized carbons (Fsp3) is 0.500. The maximum Gasteiger partial charge on any atom is 0.273 e. The summed E-state index contributed by atoms with van der Waals surface area (Å²) in [5.41, 5.74) is 1.18. The number of piperidine rings is 1. The first kappa shape index (κ1) is 21.6. The molecule has 0 saturated carbocycles. The number of para-hydroxylation sites is 2. The van der Waals surface area contributed by atoms with Gasteiger partial charge in [-0.05, 0) is 37.8 Å². The van der Waals surface area contributed by atoms with Gasteiger partial charge in [0.2, 0.25) is 5.91 Å². The SMILES string of the molecule is COc1ccccc1Nc1nc(C(=O)N2CCC[C@H](C(=O)NC[C@H]3CCCO3)C2)cs1. The lowest BCUT2D eigenvalue weighted by Gasteiger charge is -2.31. The molecule has 2 atom stereocenters. The van der Waals surface area contributed by atoms with Gasteiger partial charge >= 0.3 is 0 Å². The minimum atomic E-state index is -0.191. The van der Waals surface area contributed by atoms with Crippen LogP contribution in [0.5, 0.6) is 5.75 Å². The van der Waals surface area contributed by atoms with Crippen LogP contribution >= 0.6 is 11.3 Å². The molecule has 8 nitrogen and oxygen atoms in total. The van der Waals surface area contributed by atoms with Crippen LogP contribution in [0.3, 0.4) is 0 Å². The maximum absolute atomic E-state index is 13.0.